The van der Waals surface area contributed by atoms with Crippen molar-refractivity contribution in [3.8, 4) is 11.1 Å². The molecule has 0 radical (unpaired) electrons. The number of benzene rings is 3. The molecule has 1 unspecified atom stereocenters. The van der Waals surface area contributed by atoms with E-state index in [1.54, 1.807) is 0 Å². The highest BCUT2D eigenvalue weighted by Crippen LogP contribution is 2.39. The highest BCUT2D eigenvalue weighted by atomic mass is 14.2. The summed E-state index contributed by atoms with van der Waals surface area (Å²) in [5.41, 5.74) is 8.06. The van der Waals surface area contributed by atoms with E-state index in [1.807, 2.05) is 0 Å². The van der Waals surface area contributed by atoms with Gasteiger partial charge in [-0.25, -0.2) is 0 Å². The number of rotatable bonds is 1. The van der Waals surface area contributed by atoms with Crippen molar-refractivity contribution in [2.24, 2.45) is 5.92 Å². The largest absolute Gasteiger partial charge is 0.0773 e. The van der Waals surface area contributed by atoms with Gasteiger partial charge in [0.25, 0.3) is 0 Å². The molecule has 0 nitrogen and oxygen atoms in total. The van der Waals surface area contributed by atoms with Crippen LogP contribution in [0, 0.1) is 19.8 Å². The van der Waals surface area contributed by atoms with Gasteiger partial charge >= 0.3 is 0 Å². The van der Waals surface area contributed by atoms with Crippen LogP contribution >= 0.6 is 0 Å². The molecule has 0 aliphatic heterocycles. The average molecular weight is 310 g/mol. The summed E-state index contributed by atoms with van der Waals surface area (Å²) in [6.07, 6.45) is 9.15. The number of fused-ring (bicyclic) bond motifs is 2. The van der Waals surface area contributed by atoms with Gasteiger partial charge in [-0.15, -0.1) is 0 Å². The van der Waals surface area contributed by atoms with E-state index in [0.29, 0.717) is 5.92 Å². The molecular weight excluding hydrogens is 288 g/mol. The lowest BCUT2D eigenvalue weighted by Crippen LogP contribution is -1.95. The molecule has 24 heavy (non-hydrogen) atoms. The Hall–Kier alpha value is -2.60. The summed E-state index contributed by atoms with van der Waals surface area (Å²) in [5.74, 6) is 0.471. The summed E-state index contributed by atoms with van der Waals surface area (Å²) in [6.45, 7) is 6.68. The second kappa shape index (κ2) is 5.79. The lowest BCUT2D eigenvalue weighted by atomic mass is 9.86. The molecule has 3 aromatic carbocycles. The van der Waals surface area contributed by atoms with Crippen LogP contribution < -0.4 is 0 Å². The van der Waals surface area contributed by atoms with Crippen LogP contribution in [0.3, 0.4) is 0 Å². The molecule has 0 bridgehead atoms. The van der Waals surface area contributed by atoms with E-state index >= 15 is 0 Å². The zero-order valence-electron chi connectivity index (χ0n) is 14.5. The van der Waals surface area contributed by atoms with E-state index in [9.17, 15) is 0 Å². The predicted molar refractivity (Wildman–Crippen MR) is 106 cm³/mol. The number of hydrogen-bond acceptors (Lipinski definition) is 0. The van der Waals surface area contributed by atoms with E-state index in [2.05, 4.69) is 93.6 Å². The summed E-state index contributed by atoms with van der Waals surface area (Å²) < 4.78 is 0. The maximum atomic E-state index is 2.31. The standard InChI is InChI=1S/C24H22/c1-16-8-12-20-14-11-18(3)24(22(20)15-9-16)23-17(2)10-13-19-6-4-5-7-21(19)23/h4-16H,1-3H3. The fourth-order valence-electron chi connectivity index (χ4n) is 3.68. The third-order valence-electron chi connectivity index (χ3n) is 5.02. The van der Waals surface area contributed by atoms with E-state index in [4.69, 9.17) is 0 Å². The number of aryl methyl sites for hydroxylation is 2. The highest BCUT2D eigenvalue weighted by Gasteiger charge is 2.16. The SMILES string of the molecule is Cc1ccc2c(c1-c1c(C)ccc3ccccc13)C=CC(C)C=C2. The van der Waals surface area contributed by atoms with Gasteiger partial charge in [-0.1, -0.05) is 79.8 Å². The summed E-state index contributed by atoms with van der Waals surface area (Å²) in [6, 6.07) is 17.7. The minimum Gasteiger partial charge on any atom is -0.0773 e. The van der Waals surface area contributed by atoms with Crippen molar-refractivity contribution in [3.63, 3.8) is 0 Å². The molecule has 0 amide bonds. The summed E-state index contributed by atoms with van der Waals surface area (Å²) in [5, 5.41) is 2.64. The topological polar surface area (TPSA) is 0 Å². The van der Waals surface area contributed by atoms with Crippen molar-refractivity contribution in [1.82, 2.24) is 0 Å². The first-order valence-corrected chi connectivity index (χ1v) is 8.64. The Labute approximate surface area is 144 Å². The lowest BCUT2D eigenvalue weighted by Gasteiger charge is -2.18. The normalized spacial score (nSPS) is 16.2. The first kappa shape index (κ1) is 15.0. The number of allylic oxidation sites excluding steroid dienone is 2. The predicted octanol–water partition coefficient (Wildman–Crippen LogP) is 6.80. The van der Waals surface area contributed by atoms with E-state index in [-0.39, 0.29) is 0 Å². The fraction of sp³-hybridized carbons (Fsp3) is 0.167. The minimum absolute atomic E-state index is 0.471. The molecule has 0 saturated carbocycles. The van der Waals surface area contributed by atoms with Crippen molar-refractivity contribution in [3.05, 3.63) is 82.9 Å². The third-order valence-corrected chi connectivity index (χ3v) is 5.02. The first-order chi connectivity index (χ1) is 11.6. The van der Waals surface area contributed by atoms with Gasteiger partial charge in [0.15, 0.2) is 0 Å². The Morgan fingerprint density at radius 2 is 1.42 bits per heavy atom. The van der Waals surface area contributed by atoms with Crippen LogP contribution in [0.1, 0.15) is 29.2 Å². The van der Waals surface area contributed by atoms with Crippen LogP contribution in [-0.4, -0.2) is 0 Å². The monoisotopic (exact) mass is 310 g/mol. The summed E-state index contributed by atoms with van der Waals surface area (Å²) in [7, 11) is 0. The zero-order chi connectivity index (χ0) is 16.7. The molecule has 1 aliphatic rings. The fourth-order valence-corrected chi connectivity index (χ4v) is 3.68. The van der Waals surface area contributed by atoms with Gasteiger partial charge in [-0.2, -0.15) is 0 Å². The van der Waals surface area contributed by atoms with Gasteiger partial charge < -0.3 is 0 Å². The van der Waals surface area contributed by atoms with Crippen molar-refractivity contribution >= 4 is 22.9 Å². The molecular formula is C24H22. The molecule has 0 saturated heterocycles. The minimum atomic E-state index is 0.471. The Balaban J connectivity index is 2.11. The molecule has 0 heterocycles. The van der Waals surface area contributed by atoms with Crippen molar-refractivity contribution in [1.29, 1.82) is 0 Å². The number of hydrogen-bond donors (Lipinski definition) is 0. The Morgan fingerprint density at radius 1 is 0.708 bits per heavy atom. The molecule has 0 aromatic heterocycles. The second-order valence-electron chi connectivity index (χ2n) is 6.82. The molecule has 0 N–H and O–H groups in total. The molecule has 0 spiro atoms. The van der Waals surface area contributed by atoms with Gasteiger partial charge in [0.1, 0.15) is 0 Å². The van der Waals surface area contributed by atoms with Crippen molar-refractivity contribution in [2.45, 2.75) is 20.8 Å². The zero-order valence-corrected chi connectivity index (χ0v) is 14.5. The van der Waals surface area contributed by atoms with Crippen molar-refractivity contribution < 1.29 is 0 Å². The smallest absolute Gasteiger partial charge is 0.00672 e. The maximum absolute atomic E-state index is 2.31. The Morgan fingerprint density at radius 3 is 2.29 bits per heavy atom. The van der Waals surface area contributed by atoms with Gasteiger partial charge in [0, 0.05) is 0 Å². The van der Waals surface area contributed by atoms with Crippen LogP contribution in [0.25, 0.3) is 34.1 Å². The second-order valence-corrected chi connectivity index (χ2v) is 6.82. The molecule has 3 aromatic rings. The maximum Gasteiger partial charge on any atom is -0.00672 e. The molecule has 1 aliphatic carbocycles. The third kappa shape index (κ3) is 2.39. The van der Waals surface area contributed by atoms with E-state index in [1.165, 1.54) is 44.2 Å². The van der Waals surface area contributed by atoms with Crippen LogP contribution in [0.5, 0.6) is 0 Å². The molecule has 0 heteroatoms. The van der Waals surface area contributed by atoms with Crippen LogP contribution in [-0.2, 0) is 0 Å². The van der Waals surface area contributed by atoms with Gasteiger partial charge in [-0.3, -0.25) is 0 Å². The van der Waals surface area contributed by atoms with Crippen LogP contribution in [0.2, 0.25) is 0 Å². The van der Waals surface area contributed by atoms with E-state index < -0.39 is 0 Å². The van der Waals surface area contributed by atoms with Gasteiger partial charge in [-0.05, 0) is 63.9 Å². The molecule has 1 atom stereocenters. The summed E-state index contributed by atoms with van der Waals surface area (Å²) in [4.78, 5) is 0. The van der Waals surface area contributed by atoms with Gasteiger partial charge in [0.2, 0.25) is 0 Å². The quantitative estimate of drug-likeness (QED) is 0.463. The van der Waals surface area contributed by atoms with Crippen LogP contribution in [0.15, 0.2) is 60.7 Å². The average Bonchev–Trinajstić information content (AvgIpc) is 2.78. The molecule has 4 rings (SSSR count). The summed E-state index contributed by atoms with van der Waals surface area (Å²) >= 11 is 0. The molecule has 118 valence electrons. The Kier molecular flexibility index (Phi) is 3.61. The van der Waals surface area contributed by atoms with Crippen molar-refractivity contribution in [2.75, 3.05) is 0 Å². The van der Waals surface area contributed by atoms with Gasteiger partial charge in [0.05, 0.1) is 0 Å². The Bertz CT molecular complexity index is 986. The van der Waals surface area contributed by atoms with Crippen LogP contribution in [0.4, 0.5) is 0 Å². The lowest BCUT2D eigenvalue weighted by molar-refractivity contribution is 0.954. The highest BCUT2D eigenvalue weighted by molar-refractivity contribution is 6.01. The van der Waals surface area contributed by atoms with E-state index in [0.717, 1.165) is 0 Å². The first-order valence-electron chi connectivity index (χ1n) is 8.64. The molecule has 0 fully saturated rings.